The summed E-state index contributed by atoms with van der Waals surface area (Å²) in [6.07, 6.45) is 2.07. The van der Waals surface area contributed by atoms with Crippen molar-refractivity contribution in [2.45, 2.75) is 25.3 Å². The van der Waals surface area contributed by atoms with Gasteiger partial charge in [0, 0.05) is 19.4 Å². The van der Waals surface area contributed by atoms with Crippen LogP contribution in [0.15, 0.2) is 83.5 Å². The SMILES string of the molecule is CC(c1ccco1)N(C)C(=O)CC(c1ccccc1)c1ccccc1. The van der Waals surface area contributed by atoms with Crippen LogP contribution in [-0.4, -0.2) is 17.9 Å². The first kappa shape index (κ1) is 17.0. The van der Waals surface area contributed by atoms with Crippen LogP contribution in [0.1, 0.15) is 42.2 Å². The van der Waals surface area contributed by atoms with Gasteiger partial charge in [0.2, 0.25) is 5.91 Å². The van der Waals surface area contributed by atoms with Gasteiger partial charge in [-0.2, -0.15) is 0 Å². The molecular weight excluding hydrogens is 310 g/mol. The minimum atomic E-state index is -0.0882. The number of hydrogen-bond acceptors (Lipinski definition) is 2. The zero-order chi connectivity index (χ0) is 17.6. The minimum absolute atomic E-state index is 0.0427. The summed E-state index contributed by atoms with van der Waals surface area (Å²) in [4.78, 5) is 14.7. The fourth-order valence-corrected chi connectivity index (χ4v) is 3.05. The maximum absolute atomic E-state index is 12.9. The third kappa shape index (κ3) is 4.00. The highest BCUT2D eigenvalue weighted by Crippen LogP contribution is 2.30. The molecule has 1 heterocycles. The molecule has 0 N–H and O–H groups in total. The molecule has 2 aromatic carbocycles. The van der Waals surface area contributed by atoms with Gasteiger partial charge in [-0.15, -0.1) is 0 Å². The Bertz CT molecular complexity index is 742. The van der Waals surface area contributed by atoms with E-state index in [1.807, 2.05) is 62.5 Å². The number of furan rings is 1. The van der Waals surface area contributed by atoms with Crippen molar-refractivity contribution in [3.8, 4) is 0 Å². The van der Waals surface area contributed by atoms with Crippen molar-refractivity contribution in [3.63, 3.8) is 0 Å². The Morgan fingerprint density at radius 3 is 1.96 bits per heavy atom. The summed E-state index contributed by atoms with van der Waals surface area (Å²) < 4.78 is 5.45. The number of benzene rings is 2. The van der Waals surface area contributed by atoms with E-state index in [2.05, 4.69) is 24.3 Å². The molecule has 1 amide bonds. The molecular formula is C22H23NO2. The fraction of sp³-hybridized carbons (Fsp3) is 0.227. The molecule has 0 radical (unpaired) electrons. The molecule has 0 fully saturated rings. The highest BCUT2D eigenvalue weighted by molar-refractivity contribution is 5.78. The van der Waals surface area contributed by atoms with Crippen molar-refractivity contribution < 1.29 is 9.21 Å². The first-order valence-corrected chi connectivity index (χ1v) is 8.55. The molecule has 0 aliphatic rings. The van der Waals surface area contributed by atoms with E-state index < -0.39 is 0 Å². The number of hydrogen-bond donors (Lipinski definition) is 0. The van der Waals surface area contributed by atoms with Gasteiger partial charge in [-0.05, 0) is 30.2 Å². The van der Waals surface area contributed by atoms with Gasteiger partial charge >= 0.3 is 0 Å². The summed E-state index contributed by atoms with van der Waals surface area (Å²) in [5, 5.41) is 0. The third-order valence-electron chi connectivity index (χ3n) is 4.71. The van der Waals surface area contributed by atoms with Gasteiger partial charge in [-0.25, -0.2) is 0 Å². The van der Waals surface area contributed by atoms with E-state index in [1.54, 1.807) is 11.2 Å². The molecule has 1 aromatic heterocycles. The summed E-state index contributed by atoms with van der Waals surface area (Å²) in [5.74, 6) is 0.939. The van der Waals surface area contributed by atoms with E-state index in [0.29, 0.717) is 6.42 Å². The molecule has 1 atom stereocenters. The Kier molecular flexibility index (Phi) is 5.34. The average molecular weight is 333 g/mol. The van der Waals surface area contributed by atoms with E-state index in [-0.39, 0.29) is 17.9 Å². The second-order valence-corrected chi connectivity index (χ2v) is 6.27. The molecule has 0 bridgehead atoms. The van der Waals surface area contributed by atoms with Gasteiger partial charge < -0.3 is 9.32 Å². The topological polar surface area (TPSA) is 33.5 Å². The van der Waals surface area contributed by atoms with Crippen LogP contribution in [0.25, 0.3) is 0 Å². The molecule has 3 nitrogen and oxygen atoms in total. The zero-order valence-electron chi connectivity index (χ0n) is 14.6. The van der Waals surface area contributed by atoms with E-state index in [0.717, 1.165) is 16.9 Å². The summed E-state index contributed by atoms with van der Waals surface area (Å²) in [6.45, 7) is 1.98. The van der Waals surface area contributed by atoms with Crippen molar-refractivity contribution in [1.82, 2.24) is 4.90 Å². The van der Waals surface area contributed by atoms with Crippen LogP contribution in [0, 0.1) is 0 Å². The molecule has 3 aromatic rings. The number of carbonyl (C=O) groups excluding carboxylic acids is 1. The third-order valence-corrected chi connectivity index (χ3v) is 4.71. The second kappa shape index (κ2) is 7.84. The summed E-state index contributed by atoms with van der Waals surface area (Å²) >= 11 is 0. The lowest BCUT2D eigenvalue weighted by Gasteiger charge is -2.26. The predicted molar refractivity (Wildman–Crippen MR) is 99.2 cm³/mol. The number of nitrogens with zero attached hydrogens (tertiary/aromatic N) is 1. The van der Waals surface area contributed by atoms with Crippen molar-refractivity contribution in [3.05, 3.63) is 95.9 Å². The van der Waals surface area contributed by atoms with E-state index in [4.69, 9.17) is 4.42 Å². The quantitative estimate of drug-likeness (QED) is 0.634. The molecule has 0 saturated carbocycles. The number of amides is 1. The van der Waals surface area contributed by atoms with Crippen LogP contribution in [-0.2, 0) is 4.79 Å². The van der Waals surface area contributed by atoms with Crippen LogP contribution in [0.2, 0.25) is 0 Å². The lowest BCUT2D eigenvalue weighted by Crippen LogP contribution is -2.30. The lowest BCUT2D eigenvalue weighted by atomic mass is 9.88. The van der Waals surface area contributed by atoms with Crippen LogP contribution >= 0.6 is 0 Å². The van der Waals surface area contributed by atoms with Crippen molar-refractivity contribution >= 4 is 5.91 Å². The largest absolute Gasteiger partial charge is 0.467 e. The van der Waals surface area contributed by atoms with Crippen molar-refractivity contribution in [2.24, 2.45) is 0 Å². The van der Waals surface area contributed by atoms with Gasteiger partial charge in [0.15, 0.2) is 0 Å². The van der Waals surface area contributed by atoms with Crippen LogP contribution < -0.4 is 0 Å². The lowest BCUT2D eigenvalue weighted by molar-refractivity contribution is -0.132. The summed E-state index contributed by atoms with van der Waals surface area (Å²) in [7, 11) is 1.84. The fourth-order valence-electron chi connectivity index (χ4n) is 3.05. The first-order chi connectivity index (χ1) is 12.2. The zero-order valence-corrected chi connectivity index (χ0v) is 14.6. The normalized spacial score (nSPS) is 12.1. The van der Waals surface area contributed by atoms with Crippen LogP contribution in [0.4, 0.5) is 0 Å². The predicted octanol–water partition coefficient (Wildman–Crippen LogP) is 5.02. The monoisotopic (exact) mass is 333 g/mol. The average Bonchev–Trinajstić information content (AvgIpc) is 3.21. The standard InChI is InChI=1S/C22H23NO2/c1-17(21-14-9-15-25-21)23(2)22(24)16-20(18-10-5-3-6-11-18)19-12-7-4-8-13-19/h3-15,17,20H,16H2,1-2H3. The molecule has 25 heavy (non-hydrogen) atoms. The van der Waals surface area contributed by atoms with Crippen LogP contribution in [0.3, 0.4) is 0 Å². The molecule has 0 spiro atoms. The van der Waals surface area contributed by atoms with Crippen LogP contribution in [0.5, 0.6) is 0 Å². The molecule has 0 aliphatic carbocycles. The Labute approximate surface area is 148 Å². The van der Waals surface area contributed by atoms with E-state index in [1.165, 1.54) is 0 Å². The van der Waals surface area contributed by atoms with Gasteiger partial charge in [0.1, 0.15) is 5.76 Å². The number of rotatable bonds is 6. The summed E-state index contributed by atoms with van der Waals surface area (Å²) in [6, 6.07) is 24.1. The maximum Gasteiger partial charge on any atom is 0.223 e. The molecule has 128 valence electrons. The second-order valence-electron chi connectivity index (χ2n) is 6.27. The maximum atomic E-state index is 12.9. The smallest absolute Gasteiger partial charge is 0.223 e. The van der Waals surface area contributed by atoms with Gasteiger partial charge in [-0.1, -0.05) is 60.7 Å². The Morgan fingerprint density at radius 2 is 1.48 bits per heavy atom. The highest BCUT2D eigenvalue weighted by atomic mass is 16.3. The summed E-state index contributed by atoms with van der Waals surface area (Å²) in [5.41, 5.74) is 2.31. The van der Waals surface area contributed by atoms with E-state index >= 15 is 0 Å². The van der Waals surface area contributed by atoms with Crippen molar-refractivity contribution in [2.75, 3.05) is 7.05 Å². The molecule has 0 aliphatic heterocycles. The minimum Gasteiger partial charge on any atom is -0.467 e. The molecule has 1 unspecified atom stereocenters. The molecule has 0 saturated heterocycles. The molecule has 3 rings (SSSR count). The highest BCUT2D eigenvalue weighted by Gasteiger charge is 2.24. The Balaban J connectivity index is 1.82. The Hall–Kier alpha value is -2.81. The van der Waals surface area contributed by atoms with Gasteiger partial charge in [-0.3, -0.25) is 4.79 Å². The van der Waals surface area contributed by atoms with Gasteiger partial charge in [0.05, 0.1) is 12.3 Å². The Morgan fingerprint density at radius 1 is 0.920 bits per heavy atom. The van der Waals surface area contributed by atoms with Gasteiger partial charge in [0.25, 0.3) is 0 Å². The molecule has 3 heteroatoms. The number of carbonyl (C=O) groups is 1. The van der Waals surface area contributed by atoms with E-state index in [9.17, 15) is 4.79 Å². The first-order valence-electron chi connectivity index (χ1n) is 8.55. The van der Waals surface area contributed by atoms with Crippen molar-refractivity contribution in [1.29, 1.82) is 0 Å².